The molecule has 96 valence electrons. The number of aromatic nitrogens is 2. The van der Waals surface area contributed by atoms with Crippen molar-refractivity contribution in [2.45, 2.75) is 25.4 Å². The summed E-state index contributed by atoms with van der Waals surface area (Å²) in [7, 11) is 0. The van der Waals surface area contributed by atoms with E-state index in [1.165, 1.54) is 0 Å². The van der Waals surface area contributed by atoms with Crippen LogP contribution in [0.25, 0.3) is 0 Å². The Kier molecular flexibility index (Phi) is 4.64. The van der Waals surface area contributed by atoms with E-state index in [4.69, 9.17) is 23.2 Å². The van der Waals surface area contributed by atoms with Crippen LogP contribution < -0.4 is 0 Å². The number of aliphatic hydroxyl groups is 1. The van der Waals surface area contributed by atoms with Gasteiger partial charge in [0.25, 0.3) is 0 Å². The number of halogens is 2. The zero-order valence-electron chi connectivity index (χ0n) is 9.74. The number of rotatable bonds is 5. The van der Waals surface area contributed by atoms with E-state index in [1.807, 2.05) is 18.2 Å². The number of hydrogen-bond donors (Lipinski definition) is 2. The van der Waals surface area contributed by atoms with Gasteiger partial charge in [-0.05, 0) is 37.0 Å². The highest BCUT2D eigenvalue weighted by Gasteiger charge is 2.11. The molecular formula is C13H14Cl2N2O. The minimum absolute atomic E-state index is 0.544. The zero-order valence-corrected chi connectivity index (χ0v) is 11.2. The van der Waals surface area contributed by atoms with E-state index in [9.17, 15) is 5.11 Å². The number of nitrogens with zero attached hydrogens (tertiary/aromatic N) is 1. The van der Waals surface area contributed by atoms with Gasteiger partial charge in [0.1, 0.15) is 0 Å². The smallest absolute Gasteiger partial charge is 0.0975 e. The van der Waals surface area contributed by atoms with Crippen LogP contribution in [0.15, 0.2) is 30.7 Å². The van der Waals surface area contributed by atoms with Crippen LogP contribution in [0.3, 0.4) is 0 Å². The molecule has 0 aliphatic heterocycles. The topological polar surface area (TPSA) is 48.9 Å². The predicted molar refractivity (Wildman–Crippen MR) is 72.9 cm³/mol. The van der Waals surface area contributed by atoms with Crippen molar-refractivity contribution in [3.8, 4) is 0 Å². The number of nitrogens with one attached hydrogen (secondary N) is 1. The van der Waals surface area contributed by atoms with Crippen molar-refractivity contribution >= 4 is 23.2 Å². The average Bonchev–Trinajstić information content (AvgIpc) is 2.86. The van der Waals surface area contributed by atoms with Crippen LogP contribution in [-0.4, -0.2) is 15.1 Å². The Morgan fingerprint density at radius 2 is 2.00 bits per heavy atom. The van der Waals surface area contributed by atoms with Gasteiger partial charge in [0, 0.05) is 16.2 Å². The van der Waals surface area contributed by atoms with E-state index >= 15 is 0 Å². The Labute approximate surface area is 116 Å². The van der Waals surface area contributed by atoms with E-state index in [0.29, 0.717) is 22.2 Å². The monoisotopic (exact) mass is 284 g/mol. The minimum Gasteiger partial charge on any atom is -0.387 e. The van der Waals surface area contributed by atoms with Crippen LogP contribution in [-0.2, 0) is 6.42 Å². The first-order chi connectivity index (χ1) is 8.68. The Balaban J connectivity index is 1.89. The second kappa shape index (κ2) is 6.23. The molecular weight excluding hydrogens is 271 g/mol. The Hall–Kier alpha value is -1.03. The van der Waals surface area contributed by atoms with E-state index in [1.54, 1.807) is 12.5 Å². The molecule has 1 unspecified atom stereocenters. The maximum atomic E-state index is 9.88. The molecule has 0 bridgehead atoms. The highest BCUT2D eigenvalue weighted by atomic mass is 35.5. The Morgan fingerprint density at radius 1 is 1.28 bits per heavy atom. The fourth-order valence-corrected chi connectivity index (χ4v) is 2.43. The summed E-state index contributed by atoms with van der Waals surface area (Å²) >= 11 is 12.2. The van der Waals surface area contributed by atoms with Crippen LogP contribution in [0.2, 0.25) is 10.0 Å². The summed E-state index contributed by atoms with van der Waals surface area (Å²) in [6.45, 7) is 0. The van der Waals surface area contributed by atoms with Gasteiger partial charge in [0.15, 0.2) is 0 Å². The number of aromatic amines is 1. The highest BCUT2D eigenvalue weighted by molar-refractivity contribution is 6.35. The number of hydrogen-bond acceptors (Lipinski definition) is 2. The molecule has 18 heavy (non-hydrogen) atoms. The largest absolute Gasteiger partial charge is 0.387 e. The molecule has 1 aromatic carbocycles. The van der Waals surface area contributed by atoms with Crippen molar-refractivity contribution in [2.75, 3.05) is 0 Å². The first-order valence-corrected chi connectivity index (χ1v) is 6.53. The van der Waals surface area contributed by atoms with Crippen molar-refractivity contribution in [1.82, 2.24) is 9.97 Å². The summed E-state index contributed by atoms with van der Waals surface area (Å²) in [5.41, 5.74) is 1.61. The quantitative estimate of drug-likeness (QED) is 0.878. The fraction of sp³-hybridized carbons (Fsp3) is 0.308. The van der Waals surface area contributed by atoms with Crippen LogP contribution in [0.1, 0.15) is 30.2 Å². The van der Waals surface area contributed by atoms with Crippen LogP contribution in [0, 0.1) is 0 Å². The Morgan fingerprint density at radius 3 is 2.61 bits per heavy atom. The molecule has 0 spiro atoms. The highest BCUT2D eigenvalue weighted by Crippen LogP contribution is 2.27. The van der Waals surface area contributed by atoms with E-state index in [0.717, 1.165) is 18.4 Å². The minimum atomic E-state index is -0.544. The third-order valence-corrected chi connectivity index (χ3v) is 3.54. The van der Waals surface area contributed by atoms with Gasteiger partial charge in [-0.2, -0.15) is 0 Å². The van der Waals surface area contributed by atoms with Crippen molar-refractivity contribution < 1.29 is 5.11 Å². The lowest BCUT2D eigenvalue weighted by molar-refractivity contribution is 0.160. The van der Waals surface area contributed by atoms with Crippen molar-refractivity contribution in [3.63, 3.8) is 0 Å². The molecule has 0 aliphatic carbocycles. The van der Waals surface area contributed by atoms with Gasteiger partial charge in [-0.3, -0.25) is 0 Å². The van der Waals surface area contributed by atoms with Gasteiger partial charge in [-0.1, -0.05) is 29.3 Å². The second-order valence-electron chi connectivity index (χ2n) is 4.10. The van der Waals surface area contributed by atoms with Gasteiger partial charge >= 0.3 is 0 Å². The molecule has 0 radical (unpaired) electrons. The van der Waals surface area contributed by atoms with Crippen LogP contribution in [0.5, 0.6) is 0 Å². The van der Waals surface area contributed by atoms with Gasteiger partial charge in [-0.25, -0.2) is 4.98 Å². The zero-order chi connectivity index (χ0) is 13.0. The van der Waals surface area contributed by atoms with Crippen LogP contribution in [0.4, 0.5) is 0 Å². The second-order valence-corrected chi connectivity index (χ2v) is 4.92. The fourth-order valence-electron chi connectivity index (χ4n) is 1.85. The predicted octanol–water partition coefficient (Wildman–Crippen LogP) is 3.77. The van der Waals surface area contributed by atoms with Crippen LogP contribution >= 0.6 is 23.2 Å². The summed E-state index contributed by atoms with van der Waals surface area (Å²) in [6, 6.07) is 5.48. The first-order valence-electron chi connectivity index (χ1n) is 5.78. The van der Waals surface area contributed by atoms with Gasteiger partial charge < -0.3 is 10.1 Å². The van der Waals surface area contributed by atoms with E-state index in [2.05, 4.69) is 9.97 Å². The molecule has 0 saturated heterocycles. The van der Waals surface area contributed by atoms with Gasteiger partial charge in [-0.15, -0.1) is 0 Å². The third kappa shape index (κ3) is 3.25. The number of aliphatic hydroxyl groups excluding tert-OH is 1. The lowest BCUT2D eigenvalue weighted by Gasteiger charge is -2.09. The van der Waals surface area contributed by atoms with Crippen molar-refractivity contribution in [1.29, 1.82) is 0 Å². The number of H-pyrrole nitrogens is 1. The molecule has 0 amide bonds. The lowest BCUT2D eigenvalue weighted by Crippen LogP contribution is -1.99. The van der Waals surface area contributed by atoms with E-state index in [-0.39, 0.29) is 0 Å². The average molecular weight is 285 g/mol. The first kappa shape index (κ1) is 13.4. The summed E-state index contributed by atoms with van der Waals surface area (Å²) in [5, 5.41) is 11.2. The summed E-state index contributed by atoms with van der Waals surface area (Å²) in [4.78, 5) is 6.84. The summed E-state index contributed by atoms with van der Waals surface area (Å²) in [5.74, 6) is 0. The molecule has 5 heteroatoms. The summed E-state index contributed by atoms with van der Waals surface area (Å²) in [6.07, 6.45) is 4.90. The standard InChI is InChI=1S/C13H14Cl2N2O/c14-10-4-2-5-11(15)9(10)3-1-6-13(18)12-7-16-8-17-12/h2,4-5,7-8,13,18H,1,3,6H2,(H,16,17). The lowest BCUT2D eigenvalue weighted by atomic mass is 10.0. The molecule has 2 rings (SSSR count). The number of imidazole rings is 1. The molecule has 1 aromatic heterocycles. The molecule has 0 aliphatic rings. The molecule has 0 fully saturated rings. The Bertz CT molecular complexity index is 479. The molecule has 2 N–H and O–H groups in total. The SMILES string of the molecule is OC(CCCc1c(Cl)cccc1Cl)c1c[nH]cn1. The van der Waals surface area contributed by atoms with Gasteiger partial charge in [0.05, 0.1) is 18.1 Å². The summed E-state index contributed by atoms with van der Waals surface area (Å²) < 4.78 is 0. The normalized spacial score (nSPS) is 12.6. The number of benzene rings is 1. The molecule has 3 nitrogen and oxygen atoms in total. The maximum Gasteiger partial charge on any atom is 0.0975 e. The van der Waals surface area contributed by atoms with Crippen molar-refractivity contribution in [2.24, 2.45) is 0 Å². The molecule has 2 aromatic rings. The molecule has 1 heterocycles. The maximum absolute atomic E-state index is 9.88. The molecule has 1 atom stereocenters. The van der Waals surface area contributed by atoms with Crippen molar-refractivity contribution in [3.05, 3.63) is 52.0 Å². The van der Waals surface area contributed by atoms with E-state index < -0.39 is 6.10 Å². The molecule has 0 saturated carbocycles. The van der Waals surface area contributed by atoms with Gasteiger partial charge in [0.2, 0.25) is 0 Å². The third-order valence-electron chi connectivity index (χ3n) is 2.83.